The first-order valence-electron chi connectivity index (χ1n) is 7.55. The summed E-state index contributed by atoms with van der Waals surface area (Å²) in [5.74, 6) is 0.993. The van der Waals surface area contributed by atoms with E-state index in [1.807, 2.05) is 31.2 Å². The van der Waals surface area contributed by atoms with E-state index in [9.17, 15) is 4.79 Å². The maximum atomic E-state index is 11.0. The van der Waals surface area contributed by atoms with Crippen LogP contribution in [0.15, 0.2) is 42.5 Å². The molecule has 0 aliphatic rings. The minimum atomic E-state index is -1.06. The molecule has 0 amide bonds. The second kappa shape index (κ2) is 6.94. The first kappa shape index (κ1) is 17.0. The van der Waals surface area contributed by atoms with Crippen LogP contribution in [0.5, 0.6) is 5.75 Å². The lowest BCUT2D eigenvalue weighted by molar-refractivity contribution is 0.0697. The molecule has 25 heavy (non-hydrogen) atoms. The molecule has 0 saturated heterocycles. The fourth-order valence-corrected chi connectivity index (χ4v) is 2.68. The molecule has 3 rings (SSSR count). The van der Waals surface area contributed by atoms with Crippen LogP contribution in [0.4, 0.5) is 0 Å². The zero-order chi connectivity index (χ0) is 18.0. The van der Waals surface area contributed by atoms with Crippen molar-refractivity contribution in [3.63, 3.8) is 0 Å². The highest BCUT2D eigenvalue weighted by Gasteiger charge is 2.13. The molecular formula is C18H16ClN3O3. The van der Waals surface area contributed by atoms with Crippen molar-refractivity contribution >= 4 is 17.6 Å². The second-order valence-corrected chi connectivity index (χ2v) is 5.90. The number of hydrogen-bond acceptors (Lipinski definition) is 4. The zero-order valence-electron chi connectivity index (χ0n) is 13.7. The number of aromatic carboxylic acids is 1. The van der Waals surface area contributed by atoms with Crippen LogP contribution in [0.3, 0.4) is 0 Å². The van der Waals surface area contributed by atoms with E-state index in [0.717, 1.165) is 17.1 Å². The van der Waals surface area contributed by atoms with E-state index in [-0.39, 0.29) is 10.6 Å². The van der Waals surface area contributed by atoms with Gasteiger partial charge in [0.15, 0.2) is 5.82 Å². The van der Waals surface area contributed by atoms with Crippen LogP contribution in [0.1, 0.15) is 21.7 Å². The second-order valence-electron chi connectivity index (χ2n) is 5.49. The summed E-state index contributed by atoms with van der Waals surface area (Å²) in [5, 5.41) is 13.7. The third-order valence-corrected chi connectivity index (χ3v) is 4.12. The first-order valence-corrected chi connectivity index (χ1v) is 7.93. The van der Waals surface area contributed by atoms with Crippen LogP contribution in [-0.2, 0) is 6.54 Å². The predicted octanol–water partition coefficient (Wildman–Crippen LogP) is 3.66. The van der Waals surface area contributed by atoms with Crippen molar-refractivity contribution in [2.75, 3.05) is 7.11 Å². The molecule has 128 valence electrons. The van der Waals surface area contributed by atoms with Crippen molar-refractivity contribution in [3.8, 4) is 17.1 Å². The van der Waals surface area contributed by atoms with Gasteiger partial charge in [-0.3, -0.25) is 0 Å². The third-order valence-electron chi connectivity index (χ3n) is 3.81. The SMILES string of the molecule is COc1ccc(Cn2nc(-c3ccc(C(=O)O)c(Cl)c3)nc2C)cc1. The Morgan fingerprint density at radius 2 is 1.96 bits per heavy atom. The number of hydrogen-bond donors (Lipinski definition) is 1. The van der Waals surface area contributed by atoms with Gasteiger partial charge in [-0.05, 0) is 36.8 Å². The molecule has 0 bridgehead atoms. The summed E-state index contributed by atoms with van der Waals surface area (Å²) in [6, 6.07) is 12.4. The molecule has 1 N–H and O–H groups in total. The lowest BCUT2D eigenvalue weighted by Gasteiger charge is -2.05. The Kier molecular flexibility index (Phi) is 4.72. The topological polar surface area (TPSA) is 77.2 Å². The summed E-state index contributed by atoms with van der Waals surface area (Å²) in [6.45, 7) is 2.44. The normalized spacial score (nSPS) is 10.7. The third kappa shape index (κ3) is 3.64. The molecular weight excluding hydrogens is 342 g/mol. The minimum absolute atomic E-state index is 0.0554. The number of nitrogens with zero attached hydrogens (tertiary/aromatic N) is 3. The molecule has 0 atom stereocenters. The highest BCUT2D eigenvalue weighted by atomic mass is 35.5. The van der Waals surface area contributed by atoms with Gasteiger partial charge in [-0.2, -0.15) is 5.10 Å². The van der Waals surface area contributed by atoms with E-state index >= 15 is 0 Å². The number of halogens is 1. The Hall–Kier alpha value is -2.86. The minimum Gasteiger partial charge on any atom is -0.497 e. The van der Waals surface area contributed by atoms with E-state index in [1.165, 1.54) is 6.07 Å². The van der Waals surface area contributed by atoms with Crippen LogP contribution in [0.25, 0.3) is 11.4 Å². The van der Waals surface area contributed by atoms with Gasteiger partial charge in [-0.25, -0.2) is 14.5 Å². The predicted molar refractivity (Wildman–Crippen MR) is 94.3 cm³/mol. The summed E-state index contributed by atoms with van der Waals surface area (Å²) in [4.78, 5) is 15.5. The van der Waals surface area contributed by atoms with Gasteiger partial charge in [-0.15, -0.1) is 0 Å². The highest BCUT2D eigenvalue weighted by molar-refractivity contribution is 6.33. The monoisotopic (exact) mass is 357 g/mol. The number of carboxylic acid groups (broad SMARTS) is 1. The quantitative estimate of drug-likeness (QED) is 0.754. The fourth-order valence-electron chi connectivity index (χ4n) is 2.42. The molecule has 1 aromatic heterocycles. The van der Waals surface area contributed by atoms with E-state index < -0.39 is 5.97 Å². The van der Waals surface area contributed by atoms with Gasteiger partial charge in [0.05, 0.1) is 24.2 Å². The largest absolute Gasteiger partial charge is 0.497 e. The summed E-state index contributed by atoms with van der Waals surface area (Å²) in [6.07, 6.45) is 0. The Morgan fingerprint density at radius 3 is 2.56 bits per heavy atom. The van der Waals surface area contributed by atoms with Crippen LogP contribution in [-0.4, -0.2) is 33.0 Å². The molecule has 7 heteroatoms. The van der Waals surface area contributed by atoms with E-state index in [4.69, 9.17) is 21.4 Å². The summed E-state index contributed by atoms with van der Waals surface area (Å²) < 4.78 is 6.94. The van der Waals surface area contributed by atoms with Gasteiger partial charge in [0, 0.05) is 5.56 Å². The number of ether oxygens (including phenoxy) is 1. The van der Waals surface area contributed by atoms with Crippen molar-refractivity contribution in [3.05, 3.63) is 64.4 Å². The van der Waals surface area contributed by atoms with Gasteiger partial charge in [0.2, 0.25) is 0 Å². The molecule has 0 aliphatic heterocycles. The number of carbonyl (C=O) groups is 1. The standard InChI is InChI=1S/C18H16ClN3O3/c1-11-20-17(13-5-8-15(18(23)24)16(19)9-13)21-22(11)10-12-3-6-14(25-2)7-4-12/h3-9H,10H2,1-2H3,(H,23,24). The molecule has 6 nitrogen and oxygen atoms in total. The Labute approximate surface area is 149 Å². The number of rotatable bonds is 5. The maximum Gasteiger partial charge on any atom is 0.337 e. The van der Waals surface area contributed by atoms with Crippen LogP contribution >= 0.6 is 11.6 Å². The van der Waals surface area contributed by atoms with Gasteiger partial charge < -0.3 is 9.84 Å². The summed E-state index contributed by atoms with van der Waals surface area (Å²) >= 11 is 6.02. The average Bonchev–Trinajstić information content (AvgIpc) is 2.96. The molecule has 0 spiro atoms. The Morgan fingerprint density at radius 1 is 1.24 bits per heavy atom. The number of methoxy groups -OCH3 is 1. The average molecular weight is 358 g/mol. The van der Waals surface area contributed by atoms with Gasteiger partial charge in [0.25, 0.3) is 0 Å². The van der Waals surface area contributed by atoms with E-state index in [2.05, 4.69) is 10.1 Å². The van der Waals surface area contributed by atoms with Crippen LogP contribution in [0, 0.1) is 6.92 Å². The number of benzene rings is 2. The molecule has 2 aromatic carbocycles. The van der Waals surface area contributed by atoms with Crippen molar-refractivity contribution < 1.29 is 14.6 Å². The molecule has 3 aromatic rings. The van der Waals surface area contributed by atoms with Crippen molar-refractivity contribution in [1.29, 1.82) is 0 Å². The Balaban J connectivity index is 1.86. The smallest absolute Gasteiger partial charge is 0.337 e. The van der Waals surface area contributed by atoms with Crippen LogP contribution in [0.2, 0.25) is 5.02 Å². The van der Waals surface area contributed by atoms with E-state index in [1.54, 1.807) is 23.9 Å². The first-order chi connectivity index (χ1) is 12.0. The van der Waals surface area contributed by atoms with Gasteiger partial charge in [-0.1, -0.05) is 29.8 Å². The number of aromatic nitrogens is 3. The van der Waals surface area contributed by atoms with Crippen LogP contribution < -0.4 is 4.74 Å². The molecule has 0 aliphatic carbocycles. The van der Waals surface area contributed by atoms with Crippen molar-refractivity contribution in [1.82, 2.24) is 14.8 Å². The number of carboxylic acids is 1. The number of aryl methyl sites for hydroxylation is 1. The van der Waals surface area contributed by atoms with Crippen molar-refractivity contribution in [2.45, 2.75) is 13.5 Å². The van der Waals surface area contributed by atoms with Crippen molar-refractivity contribution in [2.24, 2.45) is 0 Å². The molecule has 0 radical (unpaired) electrons. The fraction of sp³-hybridized carbons (Fsp3) is 0.167. The summed E-state index contributed by atoms with van der Waals surface area (Å²) in [7, 11) is 1.63. The van der Waals surface area contributed by atoms with Gasteiger partial charge >= 0.3 is 5.97 Å². The molecule has 0 unspecified atom stereocenters. The Bertz CT molecular complexity index is 920. The van der Waals surface area contributed by atoms with E-state index in [0.29, 0.717) is 17.9 Å². The van der Waals surface area contributed by atoms with Gasteiger partial charge in [0.1, 0.15) is 11.6 Å². The molecule has 0 fully saturated rings. The summed E-state index contributed by atoms with van der Waals surface area (Å²) in [5.41, 5.74) is 1.80. The lowest BCUT2D eigenvalue weighted by Crippen LogP contribution is -2.04. The maximum absolute atomic E-state index is 11.0. The zero-order valence-corrected chi connectivity index (χ0v) is 14.5. The molecule has 1 heterocycles. The highest BCUT2D eigenvalue weighted by Crippen LogP contribution is 2.24. The lowest BCUT2D eigenvalue weighted by atomic mass is 10.1. The molecule has 0 saturated carbocycles.